The zero-order valence-electron chi connectivity index (χ0n) is 13.6. The van der Waals surface area contributed by atoms with Gasteiger partial charge < -0.3 is 4.74 Å². The van der Waals surface area contributed by atoms with Gasteiger partial charge in [0, 0.05) is 26.0 Å². The van der Waals surface area contributed by atoms with Gasteiger partial charge in [-0.2, -0.15) is 0 Å². The standard InChI is InChI=1S/C19H20N2O2S/c1-23-13-7-12-21-18(22)16-10-5-6-11-17(16)20-19(21)24-14-15-8-3-2-4-9-15/h2-6,8-11H,7,12-14H2,1H3. The summed E-state index contributed by atoms with van der Waals surface area (Å²) < 4.78 is 6.89. The van der Waals surface area contributed by atoms with Crippen LogP contribution in [-0.4, -0.2) is 23.3 Å². The third-order valence-corrected chi connectivity index (χ3v) is 4.82. The molecule has 1 aromatic heterocycles. The summed E-state index contributed by atoms with van der Waals surface area (Å²) in [5, 5.41) is 1.43. The summed E-state index contributed by atoms with van der Waals surface area (Å²) in [5.41, 5.74) is 1.99. The molecule has 24 heavy (non-hydrogen) atoms. The second kappa shape index (κ2) is 8.13. The molecule has 0 N–H and O–H groups in total. The monoisotopic (exact) mass is 340 g/mol. The first kappa shape index (κ1) is 16.7. The Hall–Kier alpha value is -2.11. The van der Waals surface area contributed by atoms with E-state index in [9.17, 15) is 4.79 Å². The summed E-state index contributed by atoms with van der Waals surface area (Å²) in [6, 6.07) is 17.7. The topological polar surface area (TPSA) is 44.1 Å². The Morgan fingerprint density at radius 1 is 1.08 bits per heavy atom. The molecule has 0 aliphatic heterocycles. The van der Waals surface area contributed by atoms with E-state index in [-0.39, 0.29) is 5.56 Å². The van der Waals surface area contributed by atoms with E-state index < -0.39 is 0 Å². The van der Waals surface area contributed by atoms with E-state index in [1.54, 1.807) is 23.4 Å². The lowest BCUT2D eigenvalue weighted by Gasteiger charge is -2.13. The Bertz CT molecular complexity index is 862. The van der Waals surface area contributed by atoms with Crippen LogP contribution in [0.25, 0.3) is 10.9 Å². The summed E-state index contributed by atoms with van der Waals surface area (Å²) in [6.45, 7) is 1.24. The van der Waals surface area contributed by atoms with Crippen LogP contribution in [0.5, 0.6) is 0 Å². The number of thioether (sulfide) groups is 1. The number of ether oxygens (including phenoxy) is 1. The Balaban J connectivity index is 1.93. The van der Waals surface area contributed by atoms with Crippen LogP contribution >= 0.6 is 11.8 Å². The van der Waals surface area contributed by atoms with Crippen LogP contribution in [0, 0.1) is 0 Å². The van der Waals surface area contributed by atoms with Crippen LogP contribution in [0.2, 0.25) is 0 Å². The van der Waals surface area contributed by atoms with E-state index >= 15 is 0 Å². The Kier molecular flexibility index (Phi) is 5.67. The van der Waals surface area contributed by atoms with Gasteiger partial charge in [-0.15, -0.1) is 0 Å². The van der Waals surface area contributed by atoms with Crippen LogP contribution in [0.4, 0.5) is 0 Å². The van der Waals surface area contributed by atoms with Gasteiger partial charge in [-0.1, -0.05) is 54.2 Å². The molecule has 4 nitrogen and oxygen atoms in total. The molecule has 1 heterocycles. The lowest BCUT2D eigenvalue weighted by Crippen LogP contribution is -2.24. The first-order chi connectivity index (χ1) is 11.8. The maximum Gasteiger partial charge on any atom is 0.262 e. The van der Waals surface area contributed by atoms with Crippen molar-refractivity contribution in [2.75, 3.05) is 13.7 Å². The Morgan fingerprint density at radius 2 is 1.83 bits per heavy atom. The molecule has 0 saturated heterocycles. The minimum absolute atomic E-state index is 0.0206. The summed E-state index contributed by atoms with van der Waals surface area (Å²) in [5.74, 6) is 0.788. The highest BCUT2D eigenvalue weighted by Crippen LogP contribution is 2.22. The van der Waals surface area contributed by atoms with E-state index in [4.69, 9.17) is 9.72 Å². The van der Waals surface area contributed by atoms with Crippen molar-refractivity contribution in [1.82, 2.24) is 9.55 Å². The van der Waals surface area contributed by atoms with Crippen molar-refractivity contribution in [3.63, 3.8) is 0 Å². The zero-order chi connectivity index (χ0) is 16.8. The number of hydrogen-bond acceptors (Lipinski definition) is 4. The molecule has 3 rings (SSSR count). The Morgan fingerprint density at radius 3 is 2.62 bits per heavy atom. The average Bonchev–Trinajstić information content (AvgIpc) is 2.63. The second-order valence-electron chi connectivity index (χ2n) is 5.49. The van der Waals surface area contributed by atoms with Gasteiger partial charge in [0.25, 0.3) is 5.56 Å². The van der Waals surface area contributed by atoms with Gasteiger partial charge in [0.15, 0.2) is 5.16 Å². The zero-order valence-corrected chi connectivity index (χ0v) is 14.5. The third-order valence-electron chi connectivity index (χ3n) is 3.77. The summed E-state index contributed by atoms with van der Waals surface area (Å²) >= 11 is 1.60. The first-order valence-electron chi connectivity index (χ1n) is 7.95. The minimum atomic E-state index is 0.0206. The van der Waals surface area contributed by atoms with Crippen LogP contribution in [0.15, 0.2) is 64.5 Å². The van der Waals surface area contributed by atoms with E-state index in [0.717, 1.165) is 22.8 Å². The maximum absolute atomic E-state index is 12.8. The number of para-hydroxylation sites is 1. The van der Waals surface area contributed by atoms with E-state index in [2.05, 4.69) is 12.1 Å². The molecular formula is C19H20N2O2S. The van der Waals surface area contributed by atoms with Gasteiger partial charge in [0.1, 0.15) is 0 Å². The van der Waals surface area contributed by atoms with Crippen molar-refractivity contribution in [2.45, 2.75) is 23.9 Å². The van der Waals surface area contributed by atoms with Crippen molar-refractivity contribution in [3.8, 4) is 0 Å². The van der Waals surface area contributed by atoms with Gasteiger partial charge >= 0.3 is 0 Å². The summed E-state index contributed by atoms with van der Waals surface area (Å²) in [4.78, 5) is 17.5. The third kappa shape index (κ3) is 3.86. The predicted molar refractivity (Wildman–Crippen MR) is 98.5 cm³/mol. The molecule has 0 atom stereocenters. The largest absolute Gasteiger partial charge is 0.385 e. The lowest BCUT2D eigenvalue weighted by molar-refractivity contribution is 0.189. The van der Waals surface area contributed by atoms with Crippen LogP contribution < -0.4 is 5.56 Å². The number of hydrogen-bond donors (Lipinski definition) is 0. The number of rotatable bonds is 7. The molecular weight excluding hydrogens is 320 g/mol. The number of nitrogens with zero attached hydrogens (tertiary/aromatic N) is 2. The van der Waals surface area contributed by atoms with E-state index in [1.165, 1.54) is 5.56 Å². The van der Waals surface area contributed by atoms with Gasteiger partial charge in [-0.25, -0.2) is 4.98 Å². The second-order valence-corrected chi connectivity index (χ2v) is 6.43. The van der Waals surface area contributed by atoms with Gasteiger partial charge in [0.05, 0.1) is 10.9 Å². The van der Waals surface area contributed by atoms with Crippen molar-refractivity contribution in [1.29, 1.82) is 0 Å². The van der Waals surface area contributed by atoms with E-state index in [0.29, 0.717) is 18.5 Å². The number of benzene rings is 2. The molecule has 0 spiro atoms. The molecule has 0 radical (unpaired) electrons. The number of aromatic nitrogens is 2. The molecule has 0 bridgehead atoms. The van der Waals surface area contributed by atoms with Crippen molar-refractivity contribution >= 4 is 22.7 Å². The van der Waals surface area contributed by atoms with Gasteiger partial charge in [-0.05, 0) is 24.1 Å². The Labute approximate surface area is 145 Å². The normalized spacial score (nSPS) is 11.0. The minimum Gasteiger partial charge on any atom is -0.385 e. The predicted octanol–water partition coefficient (Wildman–Crippen LogP) is 3.73. The molecule has 0 saturated carbocycles. The van der Waals surface area contributed by atoms with Crippen LogP contribution in [0.1, 0.15) is 12.0 Å². The molecule has 0 aliphatic carbocycles. The smallest absolute Gasteiger partial charge is 0.262 e. The van der Waals surface area contributed by atoms with Gasteiger partial charge in [0.2, 0.25) is 0 Å². The number of methoxy groups -OCH3 is 1. The molecule has 0 aliphatic rings. The van der Waals surface area contributed by atoms with Crippen molar-refractivity contribution < 1.29 is 4.74 Å². The van der Waals surface area contributed by atoms with Crippen molar-refractivity contribution in [3.05, 3.63) is 70.5 Å². The molecule has 2 aromatic carbocycles. The fraction of sp³-hybridized carbons (Fsp3) is 0.263. The van der Waals surface area contributed by atoms with Crippen molar-refractivity contribution in [2.24, 2.45) is 0 Å². The quantitative estimate of drug-likeness (QED) is 0.373. The summed E-state index contributed by atoms with van der Waals surface area (Å²) in [7, 11) is 1.67. The van der Waals surface area contributed by atoms with Crippen LogP contribution in [0.3, 0.4) is 0 Å². The highest BCUT2D eigenvalue weighted by atomic mass is 32.2. The highest BCUT2D eigenvalue weighted by molar-refractivity contribution is 7.98. The molecule has 0 amide bonds. The first-order valence-corrected chi connectivity index (χ1v) is 8.93. The summed E-state index contributed by atoms with van der Waals surface area (Å²) in [6.07, 6.45) is 0.787. The van der Waals surface area contributed by atoms with E-state index in [1.807, 2.05) is 42.5 Å². The fourth-order valence-corrected chi connectivity index (χ4v) is 3.53. The average molecular weight is 340 g/mol. The molecule has 0 fully saturated rings. The molecule has 124 valence electrons. The van der Waals surface area contributed by atoms with Gasteiger partial charge in [-0.3, -0.25) is 9.36 Å². The molecule has 3 aromatic rings. The highest BCUT2D eigenvalue weighted by Gasteiger charge is 2.11. The fourth-order valence-electron chi connectivity index (χ4n) is 2.54. The SMILES string of the molecule is COCCCn1c(SCc2ccccc2)nc2ccccc2c1=O. The number of fused-ring (bicyclic) bond motifs is 1. The molecule has 0 unspecified atom stereocenters. The molecule has 5 heteroatoms. The maximum atomic E-state index is 12.8. The lowest BCUT2D eigenvalue weighted by atomic mass is 10.2. The van der Waals surface area contributed by atoms with Crippen LogP contribution in [-0.2, 0) is 17.0 Å².